The minimum atomic E-state index is 0.585. The summed E-state index contributed by atoms with van der Waals surface area (Å²) in [6.45, 7) is 2.34. The van der Waals surface area contributed by atoms with E-state index >= 15 is 0 Å². The number of rotatable bonds is 6. The Morgan fingerprint density at radius 3 is 2.12 bits per heavy atom. The van der Waals surface area contributed by atoms with Crippen LogP contribution < -0.4 is 0 Å². The first-order valence-corrected chi connectivity index (χ1v) is 6.78. The van der Waals surface area contributed by atoms with E-state index in [1.807, 2.05) is 12.1 Å². The van der Waals surface area contributed by atoms with E-state index in [1.165, 1.54) is 0 Å². The molecule has 0 unspecified atom stereocenters. The molecule has 0 heterocycles. The Morgan fingerprint density at radius 1 is 1.00 bits per heavy atom. The molecular formula is C11H13Cl4N. The predicted octanol–water partition coefficient (Wildman–Crippen LogP) is 4.27. The molecule has 0 saturated carbocycles. The van der Waals surface area contributed by atoms with Crippen LogP contribution in [0.5, 0.6) is 0 Å². The van der Waals surface area contributed by atoms with Crippen LogP contribution in [0.3, 0.4) is 0 Å². The number of halogens is 4. The summed E-state index contributed by atoms with van der Waals surface area (Å²) in [7, 11) is 0. The van der Waals surface area contributed by atoms with Gasteiger partial charge in [-0.3, -0.25) is 4.90 Å². The summed E-state index contributed by atoms with van der Waals surface area (Å²) in [5.41, 5.74) is 1.04. The highest BCUT2D eigenvalue weighted by molar-refractivity contribution is 6.35. The van der Waals surface area contributed by atoms with Gasteiger partial charge in [-0.05, 0) is 17.7 Å². The van der Waals surface area contributed by atoms with Gasteiger partial charge in [-0.2, -0.15) is 0 Å². The molecule has 0 saturated heterocycles. The Morgan fingerprint density at radius 2 is 1.62 bits per heavy atom. The van der Waals surface area contributed by atoms with E-state index in [0.29, 0.717) is 21.8 Å². The van der Waals surface area contributed by atoms with Gasteiger partial charge in [0.2, 0.25) is 0 Å². The maximum absolute atomic E-state index is 6.10. The molecule has 0 amide bonds. The van der Waals surface area contributed by atoms with Gasteiger partial charge in [-0.25, -0.2) is 0 Å². The molecule has 0 fully saturated rings. The topological polar surface area (TPSA) is 3.24 Å². The van der Waals surface area contributed by atoms with Gasteiger partial charge in [0.15, 0.2) is 0 Å². The van der Waals surface area contributed by atoms with E-state index in [9.17, 15) is 0 Å². The van der Waals surface area contributed by atoms with Crippen LogP contribution in [0.25, 0.3) is 0 Å². The molecule has 1 aromatic carbocycles. The molecule has 0 aliphatic rings. The summed E-state index contributed by atoms with van der Waals surface area (Å²) < 4.78 is 0. The lowest BCUT2D eigenvalue weighted by Gasteiger charge is -2.20. The van der Waals surface area contributed by atoms with E-state index in [0.717, 1.165) is 25.2 Å². The van der Waals surface area contributed by atoms with Gasteiger partial charge in [0.25, 0.3) is 0 Å². The van der Waals surface area contributed by atoms with Crippen molar-refractivity contribution in [2.24, 2.45) is 0 Å². The van der Waals surface area contributed by atoms with Crippen molar-refractivity contribution in [2.45, 2.75) is 6.54 Å². The van der Waals surface area contributed by atoms with Crippen LogP contribution >= 0.6 is 46.4 Å². The van der Waals surface area contributed by atoms with Crippen molar-refractivity contribution < 1.29 is 0 Å². The number of hydrogen-bond acceptors (Lipinski definition) is 1. The number of hydrogen-bond donors (Lipinski definition) is 0. The van der Waals surface area contributed by atoms with Gasteiger partial charge >= 0.3 is 0 Å². The van der Waals surface area contributed by atoms with Crippen molar-refractivity contribution in [3.63, 3.8) is 0 Å². The van der Waals surface area contributed by atoms with Crippen LogP contribution in [0, 0.1) is 0 Å². The second-order valence-electron chi connectivity index (χ2n) is 3.39. The fourth-order valence-electron chi connectivity index (χ4n) is 1.40. The monoisotopic (exact) mass is 299 g/mol. The normalized spacial score (nSPS) is 11.1. The van der Waals surface area contributed by atoms with Gasteiger partial charge in [0.1, 0.15) is 0 Å². The fourth-order valence-corrected chi connectivity index (χ4v) is 2.35. The van der Waals surface area contributed by atoms with Crippen molar-refractivity contribution in [1.29, 1.82) is 0 Å². The Hall–Kier alpha value is 0.340. The van der Waals surface area contributed by atoms with Gasteiger partial charge in [-0.1, -0.05) is 29.3 Å². The zero-order valence-corrected chi connectivity index (χ0v) is 11.8. The minimum absolute atomic E-state index is 0.585. The van der Waals surface area contributed by atoms with E-state index in [4.69, 9.17) is 46.4 Å². The highest BCUT2D eigenvalue weighted by atomic mass is 35.5. The summed E-state index contributed by atoms with van der Waals surface area (Å²) in [5, 5.41) is 1.33. The van der Waals surface area contributed by atoms with Crippen molar-refractivity contribution in [2.75, 3.05) is 24.8 Å². The van der Waals surface area contributed by atoms with Crippen LogP contribution in [0.15, 0.2) is 18.2 Å². The smallest absolute Gasteiger partial charge is 0.0465 e. The van der Waals surface area contributed by atoms with Crippen molar-refractivity contribution in [3.8, 4) is 0 Å². The summed E-state index contributed by atoms with van der Waals surface area (Å²) in [6, 6.07) is 5.51. The molecule has 0 aliphatic carbocycles. The molecule has 16 heavy (non-hydrogen) atoms. The lowest BCUT2D eigenvalue weighted by atomic mass is 10.2. The van der Waals surface area contributed by atoms with Gasteiger partial charge in [-0.15, -0.1) is 23.2 Å². The average molecular weight is 301 g/mol. The lowest BCUT2D eigenvalue weighted by Crippen LogP contribution is -2.27. The second-order valence-corrected chi connectivity index (χ2v) is 4.99. The summed E-state index contributed by atoms with van der Waals surface area (Å²) >= 11 is 23.4. The average Bonchev–Trinajstić information content (AvgIpc) is 2.23. The molecule has 1 rings (SSSR count). The van der Waals surface area contributed by atoms with Crippen LogP contribution in [0.4, 0.5) is 0 Å². The maximum atomic E-state index is 6.10. The van der Waals surface area contributed by atoms with Crippen LogP contribution in [-0.2, 0) is 6.54 Å². The third kappa shape index (κ3) is 4.68. The molecule has 1 nitrogen and oxygen atoms in total. The molecule has 0 radical (unpaired) electrons. The molecule has 0 atom stereocenters. The molecular weight excluding hydrogens is 288 g/mol. The number of alkyl halides is 2. The fraction of sp³-hybridized carbons (Fsp3) is 0.455. The third-order valence-corrected chi connectivity index (χ3v) is 3.14. The molecule has 0 aliphatic heterocycles. The lowest BCUT2D eigenvalue weighted by molar-refractivity contribution is 0.299. The molecule has 5 heteroatoms. The largest absolute Gasteiger partial charge is 0.297 e. The molecule has 0 N–H and O–H groups in total. The minimum Gasteiger partial charge on any atom is -0.297 e. The zero-order valence-electron chi connectivity index (χ0n) is 8.73. The number of benzene rings is 1. The molecule has 0 spiro atoms. The molecule has 90 valence electrons. The van der Waals surface area contributed by atoms with E-state index in [1.54, 1.807) is 6.07 Å². The first-order chi connectivity index (χ1) is 7.67. The molecule has 0 aromatic heterocycles. The Labute approximate surface area is 116 Å². The van der Waals surface area contributed by atoms with Crippen LogP contribution in [0.1, 0.15) is 5.56 Å². The van der Waals surface area contributed by atoms with Crippen molar-refractivity contribution in [1.82, 2.24) is 4.90 Å². The molecule has 0 bridgehead atoms. The van der Waals surface area contributed by atoms with Crippen LogP contribution in [0.2, 0.25) is 10.0 Å². The Bertz CT molecular complexity index is 324. The van der Waals surface area contributed by atoms with Gasteiger partial charge in [0, 0.05) is 41.4 Å². The standard InChI is InChI=1S/C11H13Cl4N/c12-3-5-16(6-4-13)8-9-1-2-10(14)7-11(9)15/h1-2,7H,3-6,8H2. The third-order valence-electron chi connectivity index (χ3n) is 2.21. The van der Waals surface area contributed by atoms with E-state index in [2.05, 4.69) is 4.90 Å². The van der Waals surface area contributed by atoms with E-state index < -0.39 is 0 Å². The van der Waals surface area contributed by atoms with Crippen molar-refractivity contribution >= 4 is 46.4 Å². The predicted molar refractivity (Wildman–Crippen MR) is 73.2 cm³/mol. The van der Waals surface area contributed by atoms with Crippen molar-refractivity contribution in [3.05, 3.63) is 33.8 Å². The quantitative estimate of drug-likeness (QED) is 0.709. The zero-order chi connectivity index (χ0) is 12.0. The van der Waals surface area contributed by atoms with Gasteiger partial charge < -0.3 is 0 Å². The Kier molecular flexibility index (Phi) is 6.86. The van der Waals surface area contributed by atoms with Gasteiger partial charge in [0.05, 0.1) is 0 Å². The maximum Gasteiger partial charge on any atom is 0.0465 e. The van der Waals surface area contributed by atoms with E-state index in [-0.39, 0.29) is 0 Å². The first kappa shape index (κ1) is 14.4. The summed E-state index contributed by atoms with van der Waals surface area (Å²) in [6.07, 6.45) is 0. The number of nitrogens with zero attached hydrogens (tertiary/aromatic N) is 1. The van der Waals surface area contributed by atoms with Crippen LogP contribution in [-0.4, -0.2) is 29.7 Å². The summed E-state index contributed by atoms with van der Waals surface area (Å²) in [4.78, 5) is 2.16. The molecule has 1 aromatic rings. The summed E-state index contributed by atoms with van der Waals surface area (Å²) in [5.74, 6) is 1.17. The first-order valence-electron chi connectivity index (χ1n) is 4.95. The highest BCUT2D eigenvalue weighted by Gasteiger charge is 2.08. The SMILES string of the molecule is ClCCN(CCCl)Cc1ccc(Cl)cc1Cl. The second kappa shape index (κ2) is 7.62. The highest BCUT2D eigenvalue weighted by Crippen LogP contribution is 2.22. The Balaban J connectivity index is 2.68.